The van der Waals surface area contributed by atoms with Gasteiger partial charge >= 0.3 is 12.0 Å². The minimum Gasteiger partial charge on any atom is -0.465 e. The monoisotopic (exact) mass is 261 g/mol. The Morgan fingerprint density at radius 3 is 2.74 bits per heavy atom. The normalized spacial score (nSPS) is 9.26. The lowest BCUT2D eigenvalue weighted by atomic mass is 10.1. The molecular weight excluding hydrogens is 246 g/mol. The van der Waals surface area contributed by atoms with E-state index in [1.807, 2.05) is 6.07 Å². The molecule has 6 heteroatoms. The largest absolute Gasteiger partial charge is 0.465 e. The lowest BCUT2D eigenvalue weighted by Gasteiger charge is -2.08. The molecule has 0 saturated carbocycles. The number of urea groups is 1. The first-order valence-electron chi connectivity index (χ1n) is 5.82. The molecule has 0 unspecified atom stereocenters. The van der Waals surface area contributed by atoms with Gasteiger partial charge in [0, 0.05) is 6.54 Å². The molecule has 0 aliphatic rings. The highest BCUT2D eigenvalue weighted by Gasteiger charge is 2.06. The average Bonchev–Trinajstić information content (AvgIpc) is 2.43. The van der Waals surface area contributed by atoms with Crippen LogP contribution in [-0.2, 0) is 16.1 Å². The Morgan fingerprint density at radius 2 is 2.05 bits per heavy atom. The van der Waals surface area contributed by atoms with E-state index in [2.05, 4.69) is 15.4 Å². The second-order valence-electron chi connectivity index (χ2n) is 3.61. The van der Waals surface area contributed by atoms with Crippen LogP contribution in [0.25, 0.3) is 0 Å². The van der Waals surface area contributed by atoms with Crippen LogP contribution in [0, 0.1) is 11.3 Å². The van der Waals surface area contributed by atoms with Gasteiger partial charge in [-0.2, -0.15) is 5.26 Å². The Labute approximate surface area is 111 Å². The molecule has 2 N–H and O–H groups in total. The van der Waals surface area contributed by atoms with Crippen molar-refractivity contribution in [3.05, 3.63) is 35.4 Å². The lowest BCUT2D eigenvalue weighted by molar-refractivity contribution is -0.141. The van der Waals surface area contributed by atoms with Crippen LogP contribution in [0.3, 0.4) is 0 Å². The van der Waals surface area contributed by atoms with Crippen LogP contribution in [0.15, 0.2) is 24.3 Å². The first kappa shape index (κ1) is 14.5. The Kier molecular flexibility index (Phi) is 5.89. The minimum absolute atomic E-state index is 0.181. The van der Waals surface area contributed by atoms with Crippen molar-refractivity contribution in [3.63, 3.8) is 0 Å². The molecule has 0 saturated heterocycles. The number of carbonyl (C=O) groups excluding carboxylic acids is 2. The zero-order valence-electron chi connectivity index (χ0n) is 10.6. The Balaban J connectivity index is 2.38. The summed E-state index contributed by atoms with van der Waals surface area (Å²) in [6.45, 7) is 2.01. The summed E-state index contributed by atoms with van der Waals surface area (Å²) in [5.74, 6) is -0.491. The van der Waals surface area contributed by atoms with Crippen LogP contribution < -0.4 is 10.6 Å². The van der Waals surface area contributed by atoms with E-state index in [1.165, 1.54) is 0 Å². The molecule has 0 radical (unpaired) electrons. The molecule has 0 aliphatic heterocycles. The molecule has 1 aromatic rings. The summed E-state index contributed by atoms with van der Waals surface area (Å²) in [6, 6.07) is 8.52. The number of nitrogens with one attached hydrogen (secondary N) is 2. The third-order valence-electron chi connectivity index (χ3n) is 2.28. The van der Waals surface area contributed by atoms with Gasteiger partial charge in [0.25, 0.3) is 0 Å². The van der Waals surface area contributed by atoms with Gasteiger partial charge in [-0.1, -0.05) is 18.2 Å². The number of rotatable bonds is 5. The van der Waals surface area contributed by atoms with E-state index < -0.39 is 12.0 Å². The second kappa shape index (κ2) is 7.71. The molecule has 0 aliphatic carbocycles. The van der Waals surface area contributed by atoms with Crippen molar-refractivity contribution in [1.82, 2.24) is 10.6 Å². The fraction of sp³-hybridized carbons (Fsp3) is 0.308. The van der Waals surface area contributed by atoms with Gasteiger partial charge in [-0.3, -0.25) is 4.79 Å². The molecule has 0 heterocycles. The summed E-state index contributed by atoms with van der Waals surface area (Å²) in [7, 11) is 0. The summed E-state index contributed by atoms with van der Waals surface area (Å²) in [6.07, 6.45) is 0. The van der Waals surface area contributed by atoms with Gasteiger partial charge in [0.1, 0.15) is 6.54 Å². The molecule has 100 valence electrons. The maximum Gasteiger partial charge on any atom is 0.325 e. The van der Waals surface area contributed by atoms with Crippen molar-refractivity contribution in [2.75, 3.05) is 13.2 Å². The zero-order valence-corrected chi connectivity index (χ0v) is 10.6. The Hall–Kier alpha value is -2.55. The lowest BCUT2D eigenvalue weighted by Crippen LogP contribution is -2.38. The van der Waals surface area contributed by atoms with Crippen LogP contribution in [0.5, 0.6) is 0 Å². The summed E-state index contributed by atoms with van der Waals surface area (Å²) in [5, 5.41) is 13.8. The summed E-state index contributed by atoms with van der Waals surface area (Å²) >= 11 is 0. The van der Waals surface area contributed by atoms with Gasteiger partial charge in [-0.05, 0) is 18.6 Å². The second-order valence-corrected chi connectivity index (χ2v) is 3.61. The van der Waals surface area contributed by atoms with Crippen molar-refractivity contribution < 1.29 is 14.3 Å². The van der Waals surface area contributed by atoms with Crippen LogP contribution in [0.2, 0.25) is 0 Å². The van der Waals surface area contributed by atoms with E-state index in [4.69, 9.17) is 5.26 Å². The number of carbonyl (C=O) groups is 2. The number of esters is 1. The summed E-state index contributed by atoms with van der Waals surface area (Å²) < 4.78 is 4.67. The van der Waals surface area contributed by atoms with Gasteiger partial charge < -0.3 is 15.4 Å². The fourth-order valence-corrected chi connectivity index (χ4v) is 1.39. The number of hydrogen-bond donors (Lipinski definition) is 2. The van der Waals surface area contributed by atoms with Gasteiger partial charge in [-0.25, -0.2) is 4.79 Å². The molecule has 6 nitrogen and oxygen atoms in total. The van der Waals surface area contributed by atoms with Crippen molar-refractivity contribution in [3.8, 4) is 6.07 Å². The van der Waals surface area contributed by atoms with Crippen molar-refractivity contribution in [2.45, 2.75) is 13.5 Å². The molecule has 0 bridgehead atoms. The molecule has 0 aromatic heterocycles. The molecule has 1 rings (SSSR count). The summed E-state index contributed by atoms with van der Waals surface area (Å²) in [5.41, 5.74) is 1.23. The first-order chi connectivity index (χ1) is 9.17. The molecule has 1 aromatic carbocycles. The molecule has 0 fully saturated rings. The van der Waals surface area contributed by atoms with Gasteiger partial charge in [0.2, 0.25) is 0 Å². The highest BCUT2D eigenvalue weighted by atomic mass is 16.5. The molecule has 19 heavy (non-hydrogen) atoms. The first-order valence-corrected chi connectivity index (χ1v) is 5.82. The predicted octanol–water partition coefficient (Wildman–Crippen LogP) is 0.921. The Bertz CT molecular complexity index is 494. The molecule has 2 amide bonds. The molecule has 0 atom stereocenters. The van der Waals surface area contributed by atoms with Crippen LogP contribution in [0.1, 0.15) is 18.1 Å². The van der Waals surface area contributed by atoms with Crippen molar-refractivity contribution in [2.24, 2.45) is 0 Å². The van der Waals surface area contributed by atoms with Gasteiger partial charge in [-0.15, -0.1) is 0 Å². The number of amides is 2. The quantitative estimate of drug-likeness (QED) is 0.771. The minimum atomic E-state index is -0.491. The standard InChI is InChI=1S/C13H15N3O3/c1-2-19-12(17)9-16-13(18)15-8-11-6-4-3-5-10(11)7-14/h3-6H,2,8-9H2,1H3,(H2,15,16,18). The predicted molar refractivity (Wildman–Crippen MR) is 68.0 cm³/mol. The van der Waals surface area contributed by atoms with Crippen LogP contribution >= 0.6 is 0 Å². The van der Waals surface area contributed by atoms with E-state index >= 15 is 0 Å². The SMILES string of the molecule is CCOC(=O)CNC(=O)NCc1ccccc1C#N. The summed E-state index contributed by atoms with van der Waals surface area (Å²) in [4.78, 5) is 22.4. The van der Waals surface area contributed by atoms with E-state index in [1.54, 1.807) is 31.2 Å². The van der Waals surface area contributed by atoms with Crippen molar-refractivity contribution >= 4 is 12.0 Å². The zero-order chi connectivity index (χ0) is 14.1. The average molecular weight is 261 g/mol. The maximum absolute atomic E-state index is 11.4. The number of hydrogen-bond acceptors (Lipinski definition) is 4. The smallest absolute Gasteiger partial charge is 0.325 e. The number of nitriles is 1. The van der Waals surface area contributed by atoms with E-state index in [0.29, 0.717) is 5.56 Å². The maximum atomic E-state index is 11.4. The van der Waals surface area contributed by atoms with Crippen molar-refractivity contribution in [1.29, 1.82) is 5.26 Å². The third-order valence-corrected chi connectivity index (χ3v) is 2.28. The third kappa shape index (κ3) is 5.08. The van der Waals surface area contributed by atoms with E-state index in [9.17, 15) is 9.59 Å². The van der Waals surface area contributed by atoms with E-state index in [0.717, 1.165) is 5.56 Å². The topological polar surface area (TPSA) is 91.2 Å². The van der Waals surface area contributed by atoms with Gasteiger partial charge in [0.15, 0.2) is 0 Å². The fourth-order valence-electron chi connectivity index (χ4n) is 1.39. The van der Waals surface area contributed by atoms with Crippen LogP contribution in [-0.4, -0.2) is 25.2 Å². The molecular formula is C13H15N3O3. The van der Waals surface area contributed by atoms with E-state index in [-0.39, 0.29) is 19.7 Å². The van der Waals surface area contributed by atoms with Crippen LogP contribution in [0.4, 0.5) is 4.79 Å². The molecule has 0 spiro atoms. The Morgan fingerprint density at radius 1 is 1.32 bits per heavy atom. The highest BCUT2D eigenvalue weighted by Crippen LogP contribution is 2.06. The number of nitrogens with zero attached hydrogens (tertiary/aromatic N) is 1. The van der Waals surface area contributed by atoms with Gasteiger partial charge in [0.05, 0.1) is 18.2 Å². The highest BCUT2D eigenvalue weighted by molar-refractivity contribution is 5.80. The number of ether oxygens (including phenoxy) is 1. The number of benzene rings is 1.